The van der Waals surface area contributed by atoms with E-state index in [9.17, 15) is 18.0 Å². The van der Waals surface area contributed by atoms with E-state index in [1.165, 1.54) is 6.92 Å². The summed E-state index contributed by atoms with van der Waals surface area (Å²) in [5.74, 6) is -1.27. The second kappa shape index (κ2) is 4.47. The van der Waals surface area contributed by atoms with Crippen LogP contribution in [-0.2, 0) is 6.42 Å². The Balaban J connectivity index is 3.39. The SMILES string of the molecule is CCc1c(C(F)F)ccc(C(C)=O)c1F. The van der Waals surface area contributed by atoms with Crippen LogP contribution in [0.15, 0.2) is 12.1 Å². The number of ketones is 1. The molecule has 0 aliphatic carbocycles. The van der Waals surface area contributed by atoms with E-state index in [4.69, 9.17) is 0 Å². The van der Waals surface area contributed by atoms with Crippen molar-refractivity contribution in [3.63, 3.8) is 0 Å². The maximum Gasteiger partial charge on any atom is 0.264 e. The summed E-state index contributed by atoms with van der Waals surface area (Å²) in [5.41, 5.74) is -0.533. The van der Waals surface area contributed by atoms with E-state index < -0.39 is 18.0 Å². The first-order valence-corrected chi connectivity index (χ1v) is 4.59. The van der Waals surface area contributed by atoms with Crippen molar-refractivity contribution in [1.29, 1.82) is 0 Å². The summed E-state index contributed by atoms with van der Waals surface area (Å²) in [6.07, 6.45) is -2.57. The molecule has 82 valence electrons. The number of alkyl halides is 2. The van der Waals surface area contributed by atoms with Gasteiger partial charge in [-0.05, 0) is 25.0 Å². The molecular weight excluding hydrogens is 205 g/mol. The molecule has 0 N–H and O–H groups in total. The van der Waals surface area contributed by atoms with Gasteiger partial charge in [0.2, 0.25) is 0 Å². The summed E-state index contributed by atoms with van der Waals surface area (Å²) in [4.78, 5) is 11.0. The number of halogens is 3. The van der Waals surface area contributed by atoms with Crippen LogP contribution >= 0.6 is 0 Å². The van der Waals surface area contributed by atoms with Crippen LogP contribution in [0.3, 0.4) is 0 Å². The maximum absolute atomic E-state index is 13.6. The summed E-state index contributed by atoms with van der Waals surface area (Å²) >= 11 is 0. The molecule has 1 aromatic carbocycles. The third-order valence-corrected chi connectivity index (χ3v) is 2.25. The molecule has 0 saturated heterocycles. The maximum atomic E-state index is 13.6. The second-order valence-corrected chi connectivity index (χ2v) is 3.21. The molecule has 0 spiro atoms. The Kier molecular flexibility index (Phi) is 3.50. The van der Waals surface area contributed by atoms with Crippen molar-refractivity contribution in [3.8, 4) is 0 Å². The molecule has 1 nitrogen and oxygen atoms in total. The zero-order valence-corrected chi connectivity index (χ0v) is 8.48. The van der Waals surface area contributed by atoms with Gasteiger partial charge in [-0.2, -0.15) is 0 Å². The van der Waals surface area contributed by atoms with Gasteiger partial charge in [-0.25, -0.2) is 13.2 Å². The number of carbonyl (C=O) groups is 1. The molecule has 1 aromatic rings. The summed E-state index contributed by atoms with van der Waals surface area (Å²) in [5, 5.41) is 0. The van der Waals surface area contributed by atoms with E-state index in [-0.39, 0.29) is 23.1 Å². The summed E-state index contributed by atoms with van der Waals surface area (Å²) in [6, 6.07) is 2.22. The first kappa shape index (κ1) is 11.8. The Morgan fingerprint density at radius 2 is 2.00 bits per heavy atom. The standard InChI is InChI=1S/C11H11F3O/c1-3-7-9(11(13)14)5-4-8(6(2)15)10(7)12/h4-5,11H,3H2,1-2H3. The van der Waals surface area contributed by atoms with E-state index in [1.807, 2.05) is 0 Å². The monoisotopic (exact) mass is 216 g/mol. The lowest BCUT2D eigenvalue weighted by atomic mass is 9.99. The van der Waals surface area contributed by atoms with Crippen LogP contribution in [0.1, 0.15) is 41.8 Å². The summed E-state index contributed by atoms with van der Waals surface area (Å²) < 4.78 is 38.5. The van der Waals surface area contributed by atoms with Crippen LogP contribution in [0.4, 0.5) is 13.2 Å². The van der Waals surface area contributed by atoms with Crippen molar-refractivity contribution in [2.24, 2.45) is 0 Å². The molecule has 0 saturated carbocycles. The fraction of sp³-hybridized carbons (Fsp3) is 0.364. The lowest BCUT2D eigenvalue weighted by Crippen LogP contribution is -2.05. The van der Waals surface area contributed by atoms with Crippen molar-refractivity contribution in [2.75, 3.05) is 0 Å². The van der Waals surface area contributed by atoms with Gasteiger partial charge in [0.15, 0.2) is 5.78 Å². The van der Waals surface area contributed by atoms with Gasteiger partial charge in [-0.3, -0.25) is 4.79 Å². The van der Waals surface area contributed by atoms with Gasteiger partial charge in [-0.15, -0.1) is 0 Å². The minimum atomic E-state index is -2.71. The Morgan fingerprint density at radius 1 is 1.40 bits per heavy atom. The molecule has 0 unspecified atom stereocenters. The predicted octanol–water partition coefficient (Wildman–Crippen LogP) is 3.53. The van der Waals surface area contributed by atoms with E-state index in [0.717, 1.165) is 12.1 Å². The molecular formula is C11H11F3O. The second-order valence-electron chi connectivity index (χ2n) is 3.21. The molecule has 0 atom stereocenters. The smallest absolute Gasteiger partial charge is 0.264 e. The highest BCUT2D eigenvalue weighted by Crippen LogP contribution is 2.27. The minimum Gasteiger partial charge on any atom is -0.294 e. The number of hydrogen-bond acceptors (Lipinski definition) is 1. The first-order valence-electron chi connectivity index (χ1n) is 4.59. The topological polar surface area (TPSA) is 17.1 Å². The predicted molar refractivity (Wildman–Crippen MR) is 50.7 cm³/mol. The van der Waals surface area contributed by atoms with Gasteiger partial charge in [0.1, 0.15) is 5.82 Å². The number of rotatable bonds is 3. The van der Waals surface area contributed by atoms with Crippen LogP contribution in [0.25, 0.3) is 0 Å². The van der Waals surface area contributed by atoms with Crippen LogP contribution in [0.2, 0.25) is 0 Å². The van der Waals surface area contributed by atoms with Gasteiger partial charge in [0, 0.05) is 5.56 Å². The Labute approximate surface area is 85.9 Å². The first-order chi connectivity index (χ1) is 6.99. The Morgan fingerprint density at radius 3 is 2.40 bits per heavy atom. The van der Waals surface area contributed by atoms with Crippen molar-refractivity contribution in [3.05, 3.63) is 34.6 Å². The zero-order valence-electron chi connectivity index (χ0n) is 8.48. The van der Waals surface area contributed by atoms with E-state index in [0.29, 0.717) is 0 Å². The third kappa shape index (κ3) is 2.19. The van der Waals surface area contributed by atoms with Crippen LogP contribution in [0.5, 0.6) is 0 Å². The highest BCUT2D eigenvalue weighted by Gasteiger charge is 2.19. The van der Waals surface area contributed by atoms with Gasteiger partial charge >= 0.3 is 0 Å². The lowest BCUT2D eigenvalue weighted by Gasteiger charge is -2.10. The highest BCUT2D eigenvalue weighted by atomic mass is 19.3. The molecule has 0 bridgehead atoms. The number of hydrogen-bond donors (Lipinski definition) is 0. The fourth-order valence-electron chi connectivity index (χ4n) is 1.47. The average Bonchev–Trinajstić information content (AvgIpc) is 2.16. The molecule has 15 heavy (non-hydrogen) atoms. The Hall–Kier alpha value is -1.32. The molecule has 0 fully saturated rings. The zero-order chi connectivity index (χ0) is 11.6. The third-order valence-electron chi connectivity index (χ3n) is 2.25. The molecule has 0 amide bonds. The molecule has 4 heteroatoms. The molecule has 0 radical (unpaired) electrons. The van der Waals surface area contributed by atoms with Crippen LogP contribution in [-0.4, -0.2) is 5.78 Å². The fourth-order valence-corrected chi connectivity index (χ4v) is 1.47. The van der Waals surface area contributed by atoms with Crippen molar-refractivity contribution in [2.45, 2.75) is 26.7 Å². The van der Waals surface area contributed by atoms with Gasteiger partial charge in [-0.1, -0.05) is 13.0 Å². The molecule has 0 aliphatic rings. The van der Waals surface area contributed by atoms with Gasteiger partial charge in [0.05, 0.1) is 5.56 Å². The van der Waals surface area contributed by atoms with Gasteiger partial charge < -0.3 is 0 Å². The van der Waals surface area contributed by atoms with Crippen molar-refractivity contribution in [1.82, 2.24) is 0 Å². The van der Waals surface area contributed by atoms with Gasteiger partial charge in [0.25, 0.3) is 6.43 Å². The highest BCUT2D eigenvalue weighted by molar-refractivity contribution is 5.94. The number of carbonyl (C=O) groups excluding carboxylic acids is 1. The molecule has 0 aromatic heterocycles. The van der Waals surface area contributed by atoms with E-state index >= 15 is 0 Å². The molecule has 0 heterocycles. The number of benzene rings is 1. The molecule has 0 aliphatic heterocycles. The van der Waals surface area contributed by atoms with Crippen LogP contribution < -0.4 is 0 Å². The minimum absolute atomic E-state index is 0.0716. The quantitative estimate of drug-likeness (QED) is 0.706. The van der Waals surface area contributed by atoms with Crippen molar-refractivity contribution >= 4 is 5.78 Å². The lowest BCUT2D eigenvalue weighted by molar-refractivity contribution is 0.101. The summed E-state index contributed by atoms with van der Waals surface area (Å²) in [6.45, 7) is 2.79. The Bertz CT molecular complexity index is 386. The number of Topliss-reactive ketones (excluding diaryl/α,β-unsaturated/α-hetero) is 1. The van der Waals surface area contributed by atoms with E-state index in [2.05, 4.69) is 0 Å². The van der Waals surface area contributed by atoms with Crippen LogP contribution in [0, 0.1) is 5.82 Å². The van der Waals surface area contributed by atoms with E-state index in [1.54, 1.807) is 6.92 Å². The average molecular weight is 216 g/mol. The summed E-state index contributed by atoms with van der Waals surface area (Å²) in [7, 11) is 0. The normalized spacial score (nSPS) is 10.8. The van der Waals surface area contributed by atoms with Crippen molar-refractivity contribution < 1.29 is 18.0 Å². The largest absolute Gasteiger partial charge is 0.294 e. The molecule has 1 rings (SSSR count).